The normalized spacial score (nSPS) is 19.0. The SMILES string of the molecule is O=C(CCc1cccs1)N1CC2(CCOCC2)c2ccccc21. The number of carbonyl (C=O) groups is 1. The molecule has 1 aromatic carbocycles. The van der Waals surface area contributed by atoms with Gasteiger partial charge in [-0.2, -0.15) is 0 Å². The minimum absolute atomic E-state index is 0.105. The first-order chi connectivity index (χ1) is 11.3. The molecule has 1 amide bonds. The Morgan fingerprint density at radius 2 is 2.00 bits per heavy atom. The van der Waals surface area contributed by atoms with Crippen molar-refractivity contribution >= 4 is 22.9 Å². The predicted molar refractivity (Wildman–Crippen MR) is 93.2 cm³/mol. The molecular formula is C19H21NO2S. The van der Waals surface area contributed by atoms with E-state index in [1.165, 1.54) is 10.4 Å². The molecule has 4 rings (SSSR count). The molecule has 23 heavy (non-hydrogen) atoms. The Labute approximate surface area is 140 Å². The second-order valence-electron chi connectivity index (χ2n) is 6.47. The number of para-hydroxylation sites is 1. The molecule has 3 heterocycles. The standard InChI is InChI=1S/C19H21NO2S/c21-18(8-7-15-4-3-13-23-15)20-14-19(9-11-22-12-10-19)16-5-1-2-6-17(16)20/h1-6,13H,7-12,14H2. The van der Waals surface area contributed by atoms with E-state index in [1.807, 2.05) is 17.0 Å². The summed E-state index contributed by atoms with van der Waals surface area (Å²) in [7, 11) is 0. The average molecular weight is 327 g/mol. The summed E-state index contributed by atoms with van der Waals surface area (Å²) in [5.41, 5.74) is 2.56. The number of amides is 1. The summed E-state index contributed by atoms with van der Waals surface area (Å²) in [6.45, 7) is 2.41. The molecule has 2 aliphatic rings. The Kier molecular flexibility index (Phi) is 3.95. The fraction of sp³-hybridized carbons (Fsp3) is 0.421. The van der Waals surface area contributed by atoms with Crippen LogP contribution in [0.5, 0.6) is 0 Å². The third-order valence-electron chi connectivity index (χ3n) is 5.14. The molecule has 0 saturated carbocycles. The van der Waals surface area contributed by atoms with Crippen molar-refractivity contribution in [2.45, 2.75) is 31.1 Å². The Bertz CT molecular complexity index is 689. The second-order valence-corrected chi connectivity index (χ2v) is 7.50. The highest BCUT2D eigenvalue weighted by molar-refractivity contribution is 7.09. The topological polar surface area (TPSA) is 29.5 Å². The number of thiophene rings is 1. The quantitative estimate of drug-likeness (QED) is 0.859. The number of fused-ring (bicyclic) bond motifs is 2. The van der Waals surface area contributed by atoms with Crippen LogP contribution in [0.25, 0.3) is 0 Å². The molecule has 120 valence electrons. The van der Waals surface area contributed by atoms with Crippen LogP contribution in [0.3, 0.4) is 0 Å². The lowest BCUT2D eigenvalue weighted by molar-refractivity contribution is -0.118. The minimum atomic E-state index is 0.105. The van der Waals surface area contributed by atoms with E-state index in [-0.39, 0.29) is 11.3 Å². The number of nitrogens with zero attached hydrogens (tertiary/aromatic N) is 1. The van der Waals surface area contributed by atoms with Crippen LogP contribution in [0.4, 0.5) is 5.69 Å². The van der Waals surface area contributed by atoms with Gasteiger partial charge in [-0.05, 0) is 42.3 Å². The number of rotatable bonds is 3. The number of hydrogen-bond donors (Lipinski definition) is 0. The van der Waals surface area contributed by atoms with Gasteiger partial charge in [-0.1, -0.05) is 24.3 Å². The van der Waals surface area contributed by atoms with Crippen LogP contribution in [-0.2, 0) is 21.4 Å². The lowest BCUT2D eigenvalue weighted by Crippen LogP contribution is -2.40. The first-order valence-corrected chi connectivity index (χ1v) is 9.16. The zero-order valence-corrected chi connectivity index (χ0v) is 14.0. The second kappa shape index (κ2) is 6.10. The van der Waals surface area contributed by atoms with E-state index >= 15 is 0 Å². The fourth-order valence-corrected chi connectivity index (χ4v) is 4.57. The third kappa shape index (κ3) is 2.70. The van der Waals surface area contributed by atoms with Crippen LogP contribution >= 0.6 is 11.3 Å². The van der Waals surface area contributed by atoms with E-state index in [2.05, 4.69) is 29.6 Å². The fourth-order valence-electron chi connectivity index (χ4n) is 3.86. The maximum atomic E-state index is 12.8. The lowest BCUT2D eigenvalue weighted by Gasteiger charge is -2.34. The van der Waals surface area contributed by atoms with Gasteiger partial charge in [0.25, 0.3) is 0 Å². The zero-order valence-electron chi connectivity index (χ0n) is 13.2. The highest BCUT2D eigenvalue weighted by Gasteiger charge is 2.45. The van der Waals surface area contributed by atoms with E-state index in [0.29, 0.717) is 6.42 Å². The van der Waals surface area contributed by atoms with Crippen molar-refractivity contribution in [3.05, 3.63) is 52.2 Å². The van der Waals surface area contributed by atoms with Crippen molar-refractivity contribution in [1.82, 2.24) is 0 Å². The van der Waals surface area contributed by atoms with Gasteiger partial charge in [-0.3, -0.25) is 4.79 Å². The highest BCUT2D eigenvalue weighted by Crippen LogP contribution is 2.46. The van der Waals surface area contributed by atoms with Gasteiger partial charge in [-0.25, -0.2) is 0 Å². The van der Waals surface area contributed by atoms with Gasteiger partial charge in [-0.15, -0.1) is 11.3 Å². The van der Waals surface area contributed by atoms with Crippen LogP contribution < -0.4 is 4.90 Å². The summed E-state index contributed by atoms with van der Waals surface area (Å²) in [4.78, 5) is 16.1. The van der Waals surface area contributed by atoms with Crippen molar-refractivity contribution in [3.8, 4) is 0 Å². The monoisotopic (exact) mass is 327 g/mol. The Balaban J connectivity index is 1.56. The van der Waals surface area contributed by atoms with E-state index < -0.39 is 0 Å². The molecule has 2 aromatic rings. The molecule has 1 saturated heterocycles. The number of carbonyl (C=O) groups excluding carboxylic acids is 1. The summed E-state index contributed by atoms with van der Waals surface area (Å²) in [5.74, 6) is 0.245. The first kappa shape index (κ1) is 14.9. The van der Waals surface area contributed by atoms with Crippen molar-refractivity contribution < 1.29 is 9.53 Å². The Morgan fingerprint density at radius 3 is 2.78 bits per heavy atom. The molecule has 3 nitrogen and oxygen atoms in total. The number of aryl methyl sites for hydroxylation is 1. The molecule has 0 unspecified atom stereocenters. The van der Waals surface area contributed by atoms with Crippen molar-refractivity contribution in [1.29, 1.82) is 0 Å². The number of hydrogen-bond acceptors (Lipinski definition) is 3. The van der Waals surface area contributed by atoms with E-state index in [4.69, 9.17) is 4.74 Å². The summed E-state index contributed by atoms with van der Waals surface area (Å²) in [6, 6.07) is 12.6. The van der Waals surface area contributed by atoms with Crippen molar-refractivity contribution in [2.24, 2.45) is 0 Å². The highest BCUT2D eigenvalue weighted by atomic mass is 32.1. The van der Waals surface area contributed by atoms with E-state index in [9.17, 15) is 4.79 Å². The van der Waals surface area contributed by atoms with Crippen LogP contribution in [-0.4, -0.2) is 25.7 Å². The molecule has 1 aromatic heterocycles. The van der Waals surface area contributed by atoms with Crippen LogP contribution in [0, 0.1) is 0 Å². The molecule has 0 bridgehead atoms. The molecule has 0 atom stereocenters. The Hall–Kier alpha value is -1.65. The Morgan fingerprint density at radius 1 is 1.17 bits per heavy atom. The summed E-state index contributed by atoms with van der Waals surface area (Å²) in [6.07, 6.45) is 3.45. The number of anilines is 1. The van der Waals surface area contributed by atoms with Gasteiger partial charge in [0.05, 0.1) is 0 Å². The van der Waals surface area contributed by atoms with E-state index in [0.717, 1.165) is 44.7 Å². The molecular weight excluding hydrogens is 306 g/mol. The first-order valence-electron chi connectivity index (χ1n) is 8.29. The molecule has 1 fully saturated rings. The molecule has 0 N–H and O–H groups in total. The van der Waals surface area contributed by atoms with Crippen LogP contribution in [0.1, 0.15) is 29.7 Å². The van der Waals surface area contributed by atoms with Gasteiger partial charge in [0, 0.05) is 42.2 Å². The van der Waals surface area contributed by atoms with Crippen LogP contribution in [0.15, 0.2) is 41.8 Å². The van der Waals surface area contributed by atoms with Gasteiger partial charge in [0.15, 0.2) is 0 Å². The smallest absolute Gasteiger partial charge is 0.227 e. The lowest BCUT2D eigenvalue weighted by atomic mass is 9.76. The summed E-state index contributed by atoms with van der Waals surface area (Å²) < 4.78 is 5.56. The molecule has 2 aliphatic heterocycles. The average Bonchev–Trinajstić information content (AvgIpc) is 3.21. The van der Waals surface area contributed by atoms with Gasteiger partial charge >= 0.3 is 0 Å². The van der Waals surface area contributed by atoms with Crippen LogP contribution in [0.2, 0.25) is 0 Å². The molecule has 0 radical (unpaired) electrons. The van der Waals surface area contributed by atoms with Crippen molar-refractivity contribution in [3.63, 3.8) is 0 Å². The third-order valence-corrected chi connectivity index (χ3v) is 6.08. The van der Waals surface area contributed by atoms with Crippen molar-refractivity contribution in [2.75, 3.05) is 24.7 Å². The summed E-state index contributed by atoms with van der Waals surface area (Å²) >= 11 is 1.73. The van der Waals surface area contributed by atoms with E-state index in [1.54, 1.807) is 11.3 Å². The van der Waals surface area contributed by atoms with Gasteiger partial charge < -0.3 is 9.64 Å². The molecule has 1 spiro atoms. The van der Waals surface area contributed by atoms with Gasteiger partial charge in [0.1, 0.15) is 0 Å². The molecule has 4 heteroatoms. The predicted octanol–water partition coefficient (Wildman–Crippen LogP) is 3.78. The summed E-state index contributed by atoms with van der Waals surface area (Å²) in [5, 5.41) is 2.07. The molecule has 0 aliphatic carbocycles. The zero-order chi connectivity index (χ0) is 15.7. The minimum Gasteiger partial charge on any atom is -0.381 e. The maximum absolute atomic E-state index is 12.8. The number of ether oxygens (including phenoxy) is 1. The largest absolute Gasteiger partial charge is 0.381 e. The number of benzene rings is 1. The maximum Gasteiger partial charge on any atom is 0.227 e. The van der Waals surface area contributed by atoms with Gasteiger partial charge in [0.2, 0.25) is 5.91 Å².